The molecule has 126 valence electrons. The Balaban J connectivity index is 1.92. The van der Waals surface area contributed by atoms with Crippen LogP contribution in [0.2, 0.25) is 0 Å². The fourth-order valence-electron chi connectivity index (χ4n) is 2.66. The van der Waals surface area contributed by atoms with E-state index in [4.69, 9.17) is 15.2 Å². The Morgan fingerprint density at radius 2 is 1.64 bits per heavy atom. The van der Waals surface area contributed by atoms with Gasteiger partial charge >= 0.3 is 0 Å². The molecule has 4 nitrogen and oxygen atoms in total. The number of hydrogen-bond donors (Lipinski definition) is 1. The summed E-state index contributed by atoms with van der Waals surface area (Å²) in [5, 5.41) is 0. The highest BCUT2D eigenvalue weighted by atomic mass is 16.5. The molecule has 2 N–H and O–H groups in total. The monoisotopic (exact) mass is 333 g/mol. The average Bonchev–Trinajstić information content (AvgIpc) is 2.67. The van der Waals surface area contributed by atoms with Crippen LogP contribution in [0.25, 0.3) is 11.1 Å². The molecule has 0 aliphatic rings. The summed E-state index contributed by atoms with van der Waals surface area (Å²) in [6.07, 6.45) is 0. The summed E-state index contributed by atoms with van der Waals surface area (Å²) in [6.45, 7) is 0.424. The summed E-state index contributed by atoms with van der Waals surface area (Å²) in [4.78, 5) is 11.9. The highest BCUT2D eigenvalue weighted by Gasteiger charge is 2.15. The van der Waals surface area contributed by atoms with Gasteiger partial charge in [0.25, 0.3) is 0 Å². The Kier molecular flexibility index (Phi) is 5.00. The van der Waals surface area contributed by atoms with E-state index >= 15 is 0 Å². The predicted molar refractivity (Wildman–Crippen MR) is 97.7 cm³/mol. The topological polar surface area (TPSA) is 61.6 Å². The van der Waals surface area contributed by atoms with E-state index in [0.29, 0.717) is 23.7 Å². The number of amides is 1. The normalized spacial score (nSPS) is 10.3. The number of hydrogen-bond acceptors (Lipinski definition) is 3. The van der Waals surface area contributed by atoms with Crippen molar-refractivity contribution in [2.24, 2.45) is 5.73 Å². The third-order valence-electron chi connectivity index (χ3n) is 3.90. The molecule has 0 spiro atoms. The lowest BCUT2D eigenvalue weighted by molar-refractivity contribution is 0.100. The van der Waals surface area contributed by atoms with Crippen LogP contribution in [0, 0.1) is 0 Å². The van der Waals surface area contributed by atoms with Crippen molar-refractivity contribution >= 4 is 5.91 Å². The fraction of sp³-hybridized carbons (Fsp3) is 0.0952. The molecule has 3 aromatic rings. The van der Waals surface area contributed by atoms with Crippen LogP contribution in [0.3, 0.4) is 0 Å². The number of nitrogens with two attached hydrogens (primary N) is 1. The molecule has 1 amide bonds. The van der Waals surface area contributed by atoms with Crippen molar-refractivity contribution in [3.8, 4) is 22.6 Å². The van der Waals surface area contributed by atoms with Gasteiger partial charge < -0.3 is 15.2 Å². The summed E-state index contributed by atoms with van der Waals surface area (Å²) < 4.78 is 11.2. The SMILES string of the molecule is COc1ccccc1-c1ccc(OCc2ccccc2)cc1C(N)=O. The molecule has 0 aliphatic carbocycles. The van der Waals surface area contributed by atoms with Crippen molar-refractivity contribution in [3.05, 3.63) is 83.9 Å². The molecule has 0 saturated carbocycles. The van der Waals surface area contributed by atoms with Crippen LogP contribution in [0.15, 0.2) is 72.8 Å². The minimum atomic E-state index is -0.508. The minimum absolute atomic E-state index is 0.398. The number of para-hydroxylation sites is 1. The number of carbonyl (C=O) groups is 1. The van der Waals surface area contributed by atoms with Gasteiger partial charge in [-0.1, -0.05) is 48.5 Å². The zero-order valence-electron chi connectivity index (χ0n) is 13.9. The third-order valence-corrected chi connectivity index (χ3v) is 3.90. The average molecular weight is 333 g/mol. The molecule has 0 unspecified atom stereocenters. The minimum Gasteiger partial charge on any atom is -0.496 e. The van der Waals surface area contributed by atoms with Gasteiger partial charge in [-0.05, 0) is 35.4 Å². The van der Waals surface area contributed by atoms with Crippen molar-refractivity contribution in [1.82, 2.24) is 0 Å². The Labute approximate surface area is 146 Å². The van der Waals surface area contributed by atoms with E-state index < -0.39 is 5.91 Å². The maximum absolute atomic E-state index is 11.9. The van der Waals surface area contributed by atoms with E-state index in [2.05, 4.69) is 0 Å². The Bertz CT molecular complexity index is 875. The second-order valence-electron chi connectivity index (χ2n) is 5.55. The van der Waals surface area contributed by atoms with Gasteiger partial charge in [0.05, 0.1) is 12.7 Å². The van der Waals surface area contributed by atoms with E-state index in [1.165, 1.54) is 0 Å². The van der Waals surface area contributed by atoms with Gasteiger partial charge in [-0.3, -0.25) is 4.79 Å². The molecule has 0 bridgehead atoms. The zero-order valence-corrected chi connectivity index (χ0v) is 13.9. The molecule has 3 rings (SSSR count). The molecule has 0 heterocycles. The van der Waals surface area contributed by atoms with Gasteiger partial charge in [-0.25, -0.2) is 0 Å². The van der Waals surface area contributed by atoms with Crippen molar-refractivity contribution in [2.45, 2.75) is 6.61 Å². The van der Waals surface area contributed by atoms with E-state index in [-0.39, 0.29) is 0 Å². The van der Waals surface area contributed by atoms with E-state index in [9.17, 15) is 4.79 Å². The molecule has 3 aromatic carbocycles. The Morgan fingerprint density at radius 3 is 2.36 bits per heavy atom. The number of carbonyl (C=O) groups excluding carboxylic acids is 1. The molecule has 0 fully saturated rings. The number of methoxy groups -OCH3 is 1. The molecule has 0 radical (unpaired) electrons. The zero-order chi connectivity index (χ0) is 17.6. The highest BCUT2D eigenvalue weighted by Crippen LogP contribution is 2.34. The maximum atomic E-state index is 11.9. The molecule has 0 aliphatic heterocycles. The van der Waals surface area contributed by atoms with Crippen LogP contribution in [0.4, 0.5) is 0 Å². The molecule has 0 atom stereocenters. The van der Waals surface area contributed by atoms with E-state index in [0.717, 1.165) is 16.7 Å². The molecule has 4 heteroatoms. The fourth-order valence-corrected chi connectivity index (χ4v) is 2.66. The third kappa shape index (κ3) is 3.80. The smallest absolute Gasteiger partial charge is 0.249 e. The predicted octanol–water partition coefficient (Wildman–Crippen LogP) is 4.04. The number of ether oxygens (including phenoxy) is 2. The second-order valence-corrected chi connectivity index (χ2v) is 5.55. The first-order valence-corrected chi connectivity index (χ1v) is 7.93. The summed E-state index contributed by atoms with van der Waals surface area (Å²) in [5.41, 5.74) is 8.57. The van der Waals surface area contributed by atoms with Crippen LogP contribution >= 0.6 is 0 Å². The molecule has 0 aromatic heterocycles. The second kappa shape index (κ2) is 7.53. The largest absolute Gasteiger partial charge is 0.496 e. The lowest BCUT2D eigenvalue weighted by atomic mass is 9.98. The highest BCUT2D eigenvalue weighted by molar-refractivity contribution is 6.01. The van der Waals surface area contributed by atoms with E-state index in [1.54, 1.807) is 13.2 Å². The Morgan fingerprint density at radius 1 is 0.920 bits per heavy atom. The van der Waals surface area contributed by atoms with Gasteiger partial charge in [0.1, 0.15) is 18.1 Å². The summed E-state index contributed by atoms with van der Waals surface area (Å²) in [7, 11) is 1.60. The van der Waals surface area contributed by atoms with Crippen LogP contribution in [0.1, 0.15) is 15.9 Å². The first-order chi connectivity index (χ1) is 12.2. The van der Waals surface area contributed by atoms with Gasteiger partial charge in [-0.15, -0.1) is 0 Å². The van der Waals surface area contributed by atoms with Crippen molar-refractivity contribution in [2.75, 3.05) is 7.11 Å². The summed E-state index contributed by atoms with van der Waals surface area (Å²) >= 11 is 0. The standard InChI is InChI=1S/C21H19NO3/c1-24-20-10-6-5-9-18(20)17-12-11-16(13-19(17)21(22)23)25-14-15-7-3-2-4-8-15/h2-13H,14H2,1H3,(H2,22,23). The summed E-state index contributed by atoms with van der Waals surface area (Å²) in [5.74, 6) is 0.769. The van der Waals surface area contributed by atoms with Gasteiger partial charge in [-0.2, -0.15) is 0 Å². The van der Waals surface area contributed by atoms with Crippen LogP contribution in [-0.2, 0) is 6.61 Å². The lowest BCUT2D eigenvalue weighted by Gasteiger charge is -2.13. The first kappa shape index (κ1) is 16.6. The molecular formula is C21H19NO3. The van der Waals surface area contributed by atoms with Crippen LogP contribution < -0.4 is 15.2 Å². The quantitative estimate of drug-likeness (QED) is 0.740. The van der Waals surface area contributed by atoms with Crippen molar-refractivity contribution in [1.29, 1.82) is 0 Å². The number of rotatable bonds is 6. The van der Waals surface area contributed by atoms with Gasteiger partial charge in [0.15, 0.2) is 0 Å². The molecule has 25 heavy (non-hydrogen) atoms. The van der Waals surface area contributed by atoms with Crippen molar-refractivity contribution in [3.63, 3.8) is 0 Å². The number of primary amides is 1. The van der Waals surface area contributed by atoms with Crippen molar-refractivity contribution < 1.29 is 14.3 Å². The first-order valence-electron chi connectivity index (χ1n) is 7.93. The number of benzene rings is 3. The van der Waals surface area contributed by atoms with Crippen LogP contribution in [0.5, 0.6) is 11.5 Å². The maximum Gasteiger partial charge on any atom is 0.249 e. The Hall–Kier alpha value is -3.27. The van der Waals surface area contributed by atoms with Gasteiger partial charge in [0, 0.05) is 5.56 Å². The lowest BCUT2D eigenvalue weighted by Crippen LogP contribution is -2.13. The summed E-state index contributed by atoms with van der Waals surface area (Å²) in [6, 6.07) is 22.7. The molecule has 0 saturated heterocycles. The van der Waals surface area contributed by atoms with E-state index in [1.807, 2.05) is 66.7 Å². The van der Waals surface area contributed by atoms with Crippen LogP contribution in [-0.4, -0.2) is 13.0 Å². The molecular weight excluding hydrogens is 314 g/mol. The van der Waals surface area contributed by atoms with Gasteiger partial charge in [0.2, 0.25) is 5.91 Å².